The van der Waals surface area contributed by atoms with Gasteiger partial charge in [-0.3, -0.25) is 9.35 Å². The van der Waals surface area contributed by atoms with Crippen molar-refractivity contribution in [1.29, 1.82) is 0 Å². The van der Waals surface area contributed by atoms with Crippen LogP contribution >= 0.6 is 0 Å². The Morgan fingerprint density at radius 3 is 1.93 bits per heavy atom. The average molecular weight is 1170 g/mol. The maximum absolute atomic E-state index is 14.5. The van der Waals surface area contributed by atoms with Crippen LogP contribution in [-0.4, -0.2) is 231 Å². The van der Waals surface area contributed by atoms with E-state index in [-0.39, 0.29) is 29.1 Å². The molecular weight excluding hydrogens is 1080 g/mol. The zero-order chi connectivity index (χ0) is 58.6. The van der Waals surface area contributed by atoms with E-state index in [0.29, 0.717) is 31.6 Å². The number of carbonyl (C=O) groups excluding carboxylic acids is 1. The van der Waals surface area contributed by atoms with Gasteiger partial charge in [-0.05, 0) is 93.8 Å². The third-order valence-corrected chi connectivity index (χ3v) is 21.1. The monoisotopic (exact) mass is 1170 g/mol. The van der Waals surface area contributed by atoms with E-state index in [9.17, 15) is 68.8 Å². The molecule has 25 nitrogen and oxygen atoms in total. The Labute approximate surface area is 467 Å². The van der Waals surface area contributed by atoms with Crippen LogP contribution in [0.4, 0.5) is 0 Å². The van der Waals surface area contributed by atoms with Crippen molar-refractivity contribution in [2.45, 2.75) is 248 Å². The van der Waals surface area contributed by atoms with Gasteiger partial charge in [0.05, 0.1) is 38.1 Å². The number of cyclic esters (lactones) is 1. The molecule has 9 aliphatic rings. The number of esters is 1. The molecule has 8 fully saturated rings. The molecular formula is C54H88O25S. The van der Waals surface area contributed by atoms with Gasteiger partial charge >= 0.3 is 16.4 Å². The first-order valence-electron chi connectivity index (χ1n) is 28.4. The Balaban J connectivity index is 0.905. The van der Waals surface area contributed by atoms with Crippen molar-refractivity contribution >= 4 is 16.4 Å². The molecule has 0 bridgehead atoms. The molecule has 26 heteroatoms. The predicted octanol–water partition coefficient (Wildman–Crippen LogP) is -0.510. The number of aliphatic hydroxyl groups is 10. The van der Waals surface area contributed by atoms with Crippen LogP contribution in [0.2, 0.25) is 0 Å². The molecule has 11 N–H and O–H groups in total. The summed E-state index contributed by atoms with van der Waals surface area (Å²) in [5.41, 5.74) is -2.18. The van der Waals surface area contributed by atoms with E-state index < -0.39 is 181 Å². The van der Waals surface area contributed by atoms with Crippen molar-refractivity contribution in [3.63, 3.8) is 0 Å². The van der Waals surface area contributed by atoms with Gasteiger partial charge in [-0.25, -0.2) is 4.18 Å². The van der Waals surface area contributed by atoms with E-state index in [1.54, 1.807) is 0 Å². The summed E-state index contributed by atoms with van der Waals surface area (Å²) >= 11 is 0. The summed E-state index contributed by atoms with van der Waals surface area (Å²) < 4.78 is 98.1. The molecule has 0 amide bonds. The lowest BCUT2D eigenvalue weighted by atomic mass is 9.40. The summed E-state index contributed by atoms with van der Waals surface area (Å²) in [6.07, 6.45) is -24.9. The zero-order valence-corrected chi connectivity index (χ0v) is 47.9. The predicted molar refractivity (Wildman–Crippen MR) is 272 cm³/mol. The fourth-order valence-electron chi connectivity index (χ4n) is 16.4. The molecule has 0 aromatic heterocycles. The van der Waals surface area contributed by atoms with Gasteiger partial charge in [0.15, 0.2) is 25.2 Å². The Morgan fingerprint density at radius 2 is 1.31 bits per heavy atom. The van der Waals surface area contributed by atoms with Crippen LogP contribution < -0.4 is 0 Å². The van der Waals surface area contributed by atoms with Gasteiger partial charge in [-0.1, -0.05) is 59.6 Å². The van der Waals surface area contributed by atoms with Crippen LogP contribution in [-0.2, 0) is 66.7 Å². The molecule has 0 aromatic rings. The Bertz CT molecular complexity index is 2330. The minimum atomic E-state index is -5.17. The number of fused-ring (bicyclic) bond motifs is 4. The molecule has 80 heavy (non-hydrogen) atoms. The second-order valence-corrected chi connectivity index (χ2v) is 26.9. The Morgan fingerprint density at radius 1 is 0.713 bits per heavy atom. The lowest BCUT2D eigenvalue weighted by molar-refractivity contribution is -0.389. The molecule has 0 aromatic carbocycles. The fraction of sp³-hybridized carbons (Fsp3) is 0.944. The van der Waals surface area contributed by atoms with Gasteiger partial charge in [0.25, 0.3) is 0 Å². The number of rotatable bonds is 17. The smallest absolute Gasteiger partial charge is 0.397 e. The molecule has 1 spiro atoms. The second kappa shape index (κ2) is 23.2. The van der Waals surface area contributed by atoms with E-state index in [0.717, 1.165) is 32.1 Å². The van der Waals surface area contributed by atoms with Crippen molar-refractivity contribution < 1.29 is 120 Å². The number of allylic oxidation sites excluding steroid dienone is 2. The topological polar surface area (TPSA) is 375 Å². The van der Waals surface area contributed by atoms with E-state index in [1.807, 2.05) is 0 Å². The van der Waals surface area contributed by atoms with Gasteiger partial charge < -0.3 is 98.4 Å². The third kappa shape index (κ3) is 10.6. The first kappa shape index (κ1) is 62.8. The average Bonchev–Trinajstić information content (AvgIpc) is 3.90. The summed E-state index contributed by atoms with van der Waals surface area (Å²) in [6.45, 7) is 14.2. The second-order valence-electron chi connectivity index (χ2n) is 25.9. The molecule has 5 aliphatic heterocycles. The van der Waals surface area contributed by atoms with E-state index in [1.165, 1.54) is 19.6 Å². The first-order valence-corrected chi connectivity index (χ1v) is 29.8. The summed E-state index contributed by atoms with van der Waals surface area (Å²) in [6, 6.07) is 0. The number of ether oxygens (including phenoxy) is 10. The molecule has 3 saturated carbocycles. The fourth-order valence-corrected chi connectivity index (χ4v) is 16.9. The molecule has 0 radical (unpaired) electrons. The van der Waals surface area contributed by atoms with Crippen LogP contribution in [0.1, 0.15) is 113 Å². The van der Waals surface area contributed by atoms with Gasteiger partial charge in [0.2, 0.25) is 0 Å². The Kier molecular flexibility index (Phi) is 18.2. The minimum Gasteiger partial charge on any atom is -0.459 e. The molecule has 4 aliphatic carbocycles. The highest BCUT2D eigenvalue weighted by Crippen LogP contribution is 2.76. The Hall–Kier alpha value is -1.68. The quantitative estimate of drug-likeness (QED) is 0.0496. The zero-order valence-electron chi connectivity index (χ0n) is 47.0. The molecule has 28 unspecified atom stereocenters. The largest absolute Gasteiger partial charge is 0.459 e. The molecule has 5 heterocycles. The summed E-state index contributed by atoms with van der Waals surface area (Å²) in [4.78, 5) is 14.5. The highest BCUT2D eigenvalue weighted by atomic mass is 32.3. The standard InChI is InChI=1S/C54H88O25S/c1-23(2)11-10-16-53(8)31-14-18-52(7)25-12-13-30-50(4,5)33(15-17-51(30,6)26(25)19-32(57)54(31,52)49(65)78-53)74-48-44(36(60)29(22-70-48)79-80(66,67)68)77-45-38(62)37(61)41(24(3)71-45)75-47-40(64)43(35(59)28(21-56)73-47)76-46-39(63)42(69-9)34(58)27(20-55)72-46/h12,23-24,26-48,55-64H,10-11,13-22H2,1-9H3,(H,66,67,68). The van der Waals surface area contributed by atoms with Crippen molar-refractivity contribution in [3.8, 4) is 0 Å². The summed E-state index contributed by atoms with van der Waals surface area (Å²) in [7, 11) is -3.98. The number of methoxy groups -OCH3 is 1. The van der Waals surface area contributed by atoms with Gasteiger partial charge in [-0.2, -0.15) is 8.42 Å². The number of hydrogen-bond acceptors (Lipinski definition) is 24. The van der Waals surface area contributed by atoms with Crippen LogP contribution in [0.3, 0.4) is 0 Å². The van der Waals surface area contributed by atoms with Crippen molar-refractivity contribution in [2.24, 2.45) is 45.3 Å². The molecule has 5 saturated heterocycles. The van der Waals surface area contributed by atoms with Crippen molar-refractivity contribution in [1.82, 2.24) is 0 Å². The number of hydrogen-bond donors (Lipinski definition) is 11. The van der Waals surface area contributed by atoms with Crippen LogP contribution in [0.5, 0.6) is 0 Å². The van der Waals surface area contributed by atoms with Crippen molar-refractivity contribution in [2.75, 3.05) is 26.9 Å². The maximum atomic E-state index is 14.5. The van der Waals surface area contributed by atoms with Gasteiger partial charge in [0, 0.05) is 18.4 Å². The SMILES string of the molecule is COC1C(O)C(CO)OC(OC2C(O)C(CO)OC(OC3C(C)OC(OC4C(OC5CCC6(C)C7CC(O)C89C(=O)OC(C)(CCCC(C)C)C8CCC9(C)C7=CCC6C5(C)C)OCC(OS(=O)(=O)O)C4O)C(O)C3O)C2O)C1O. The number of aliphatic hydroxyl groups excluding tert-OH is 10. The highest BCUT2D eigenvalue weighted by molar-refractivity contribution is 7.80. The molecule has 460 valence electrons. The van der Waals surface area contributed by atoms with E-state index >= 15 is 0 Å². The summed E-state index contributed by atoms with van der Waals surface area (Å²) in [5.74, 6) is -0.0361. The van der Waals surface area contributed by atoms with E-state index in [4.69, 9.17) is 51.6 Å². The van der Waals surface area contributed by atoms with Gasteiger partial charge in [-0.15, -0.1) is 0 Å². The summed E-state index contributed by atoms with van der Waals surface area (Å²) in [5, 5.41) is 112. The van der Waals surface area contributed by atoms with Crippen LogP contribution in [0, 0.1) is 45.3 Å². The van der Waals surface area contributed by atoms with Crippen LogP contribution in [0.15, 0.2) is 11.6 Å². The molecule has 9 rings (SSSR count). The number of carbonyl (C=O) groups is 1. The highest BCUT2D eigenvalue weighted by Gasteiger charge is 2.79. The van der Waals surface area contributed by atoms with Crippen LogP contribution in [0.25, 0.3) is 0 Å². The minimum absolute atomic E-state index is 0.0476. The lowest BCUT2D eigenvalue weighted by Gasteiger charge is -2.64. The third-order valence-electron chi connectivity index (χ3n) is 20.6. The maximum Gasteiger partial charge on any atom is 0.397 e. The van der Waals surface area contributed by atoms with Gasteiger partial charge in [0.1, 0.15) is 96.5 Å². The van der Waals surface area contributed by atoms with E-state index in [2.05, 4.69) is 54.5 Å². The van der Waals surface area contributed by atoms with Crippen molar-refractivity contribution in [3.05, 3.63) is 11.6 Å². The normalized spacial score (nSPS) is 51.2. The first-order chi connectivity index (χ1) is 37.4. The molecule has 28 atom stereocenters. The lowest BCUT2D eigenvalue weighted by Crippen LogP contribution is -2.67.